The van der Waals surface area contributed by atoms with Gasteiger partial charge in [-0.15, -0.1) is 5.10 Å². The van der Waals surface area contributed by atoms with E-state index in [1.165, 1.54) is 5.56 Å². The van der Waals surface area contributed by atoms with Gasteiger partial charge >= 0.3 is 0 Å². The van der Waals surface area contributed by atoms with Crippen LogP contribution in [-0.2, 0) is 6.42 Å². The van der Waals surface area contributed by atoms with Crippen LogP contribution in [0.3, 0.4) is 0 Å². The molecule has 0 amide bonds. The standard InChI is InChI=1S/C16H22N4/c1-12-13(2)19-20-15(17-12)18-16(3,4)11-10-14-8-6-5-7-9-14/h5-9H,10-11H2,1-4H3,(H,17,18,20). The molecule has 0 bridgehead atoms. The summed E-state index contributed by atoms with van der Waals surface area (Å²) in [6.45, 7) is 8.19. The molecule has 1 heterocycles. The molecule has 0 aliphatic heterocycles. The van der Waals surface area contributed by atoms with Gasteiger partial charge in [0.05, 0.1) is 11.4 Å². The number of aryl methyl sites for hydroxylation is 3. The Kier molecular flexibility index (Phi) is 4.32. The van der Waals surface area contributed by atoms with Crippen LogP contribution < -0.4 is 5.32 Å². The highest BCUT2D eigenvalue weighted by Gasteiger charge is 2.19. The second-order valence-corrected chi connectivity index (χ2v) is 5.80. The molecule has 0 aliphatic rings. The van der Waals surface area contributed by atoms with Crippen molar-refractivity contribution in [3.05, 3.63) is 47.3 Å². The summed E-state index contributed by atoms with van der Waals surface area (Å²) in [5.41, 5.74) is 3.07. The van der Waals surface area contributed by atoms with Gasteiger partial charge in [0.2, 0.25) is 5.95 Å². The van der Waals surface area contributed by atoms with Crippen LogP contribution in [0.25, 0.3) is 0 Å². The minimum Gasteiger partial charge on any atom is -0.348 e. The molecule has 4 nitrogen and oxygen atoms in total. The number of nitrogens with one attached hydrogen (secondary N) is 1. The van der Waals surface area contributed by atoms with Crippen molar-refractivity contribution in [2.45, 2.75) is 46.1 Å². The average Bonchev–Trinajstić information content (AvgIpc) is 2.42. The van der Waals surface area contributed by atoms with E-state index in [1.54, 1.807) is 0 Å². The molecule has 20 heavy (non-hydrogen) atoms. The maximum atomic E-state index is 4.43. The second kappa shape index (κ2) is 5.99. The van der Waals surface area contributed by atoms with Crippen molar-refractivity contribution in [1.82, 2.24) is 15.2 Å². The summed E-state index contributed by atoms with van der Waals surface area (Å²) >= 11 is 0. The Hall–Kier alpha value is -1.97. The maximum absolute atomic E-state index is 4.43. The van der Waals surface area contributed by atoms with Crippen molar-refractivity contribution in [2.75, 3.05) is 5.32 Å². The van der Waals surface area contributed by atoms with E-state index in [1.807, 2.05) is 19.9 Å². The van der Waals surface area contributed by atoms with Crippen molar-refractivity contribution in [2.24, 2.45) is 0 Å². The molecule has 1 aromatic heterocycles. The molecule has 0 fully saturated rings. The summed E-state index contributed by atoms with van der Waals surface area (Å²) in [6.07, 6.45) is 2.03. The summed E-state index contributed by atoms with van der Waals surface area (Å²) in [4.78, 5) is 4.43. The summed E-state index contributed by atoms with van der Waals surface area (Å²) < 4.78 is 0. The third-order valence-electron chi connectivity index (χ3n) is 3.42. The van der Waals surface area contributed by atoms with Crippen LogP contribution >= 0.6 is 0 Å². The first kappa shape index (κ1) is 14.4. The van der Waals surface area contributed by atoms with Crippen LogP contribution in [0.15, 0.2) is 30.3 Å². The van der Waals surface area contributed by atoms with Crippen LogP contribution in [0, 0.1) is 13.8 Å². The van der Waals surface area contributed by atoms with Crippen molar-refractivity contribution >= 4 is 5.95 Å². The molecule has 0 radical (unpaired) electrons. The molecule has 106 valence electrons. The van der Waals surface area contributed by atoms with Crippen LogP contribution in [-0.4, -0.2) is 20.7 Å². The number of hydrogen-bond acceptors (Lipinski definition) is 4. The Labute approximate surface area is 120 Å². The van der Waals surface area contributed by atoms with E-state index in [0.717, 1.165) is 24.2 Å². The van der Waals surface area contributed by atoms with Crippen LogP contribution in [0.2, 0.25) is 0 Å². The fourth-order valence-electron chi connectivity index (χ4n) is 1.98. The van der Waals surface area contributed by atoms with E-state index >= 15 is 0 Å². The lowest BCUT2D eigenvalue weighted by atomic mass is 9.95. The van der Waals surface area contributed by atoms with Crippen LogP contribution in [0.4, 0.5) is 5.95 Å². The molecule has 0 atom stereocenters. The summed E-state index contributed by atoms with van der Waals surface area (Å²) in [5.74, 6) is 0.603. The Morgan fingerprint density at radius 2 is 1.70 bits per heavy atom. The predicted molar refractivity (Wildman–Crippen MR) is 81.8 cm³/mol. The van der Waals surface area contributed by atoms with Gasteiger partial charge in [0, 0.05) is 5.54 Å². The normalized spacial score (nSPS) is 11.4. The first-order valence-electron chi connectivity index (χ1n) is 6.96. The van der Waals surface area contributed by atoms with E-state index in [4.69, 9.17) is 0 Å². The Balaban J connectivity index is 1.98. The number of benzene rings is 1. The van der Waals surface area contributed by atoms with E-state index in [9.17, 15) is 0 Å². The third kappa shape index (κ3) is 4.02. The smallest absolute Gasteiger partial charge is 0.243 e. The SMILES string of the molecule is Cc1nnc(NC(C)(C)CCc2ccccc2)nc1C. The molecular formula is C16H22N4. The lowest BCUT2D eigenvalue weighted by molar-refractivity contribution is 0.512. The zero-order valence-corrected chi connectivity index (χ0v) is 12.6. The van der Waals surface area contributed by atoms with Gasteiger partial charge in [-0.25, -0.2) is 4.98 Å². The highest BCUT2D eigenvalue weighted by molar-refractivity contribution is 5.29. The highest BCUT2D eigenvalue weighted by Crippen LogP contribution is 2.18. The topological polar surface area (TPSA) is 50.7 Å². The Morgan fingerprint density at radius 3 is 2.35 bits per heavy atom. The van der Waals surface area contributed by atoms with Gasteiger partial charge in [-0.3, -0.25) is 0 Å². The minimum atomic E-state index is -0.0702. The quantitative estimate of drug-likeness (QED) is 0.905. The van der Waals surface area contributed by atoms with Crippen LogP contribution in [0.1, 0.15) is 37.2 Å². The summed E-state index contributed by atoms with van der Waals surface area (Å²) in [7, 11) is 0. The lowest BCUT2D eigenvalue weighted by Crippen LogP contribution is -2.32. The van der Waals surface area contributed by atoms with Gasteiger partial charge in [0.15, 0.2) is 0 Å². The Bertz CT molecular complexity index is 564. The van der Waals surface area contributed by atoms with Gasteiger partial charge in [-0.05, 0) is 46.1 Å². The number of anilines is 1. The van der Waals surface area contributed by atoms with Gasteiger partial charge in [-0.2, -0.15) is 5.10 Å². The van der Waals surface area contributed by atoms with Gasteiger partial charge in [-0.1, -0.05) is 30.3 Å². The number of hydrogen-bond donors (Lipinski definition) is 1. The third-order valence-corrected chi connectivity index (χ3v) is 3.42. The largest absolute Gasteiger partial charge is 0.348 e. The molecule has 0 saturated heterocycles. The molecule has 0 spiro atoms. The molecule has 0 aliphatic carbocycles. The molecule has 2 aromatic rings. The summed E-state index contributed by atoms with van der Waals surface area (Å²) in [6, 6.07) is 10.5. The van der Waals surface area contributed by atoms with Crippen LogP contribution in [0.5, 0.6) is 0 Å². The fourth-order valence-corrected chi connectivity index (χ4v) is 1.98. The molecule has 2 rings (SSSR count). The molecular weight excluding hydrogens is 248 g/mol. The maximum Gasteiger partial charge on any atom is 0.243 e. The fraction of sp³-hybridized carbons (Fsp3) is 0.438. The predicted octanol–water partition coefficient (Wildman–Crippen LogP) is 3.31. The monoisotopic (exact) mass is 270 g/mol. The summed E-state index contributed by atoms with van der Waals surface area (Å²) in [5, 5.41) is 11.6. The zero-order chi connectivity index (χ0) is 14.6. The number of nitrogens with zero attached hydrogens (tertiary/aromatic N) is 3. The van der Waals surface area contributed by atoms with E-state index < -0.39 is 0 Å². The van der Waals surface area contributed by atoms with Crippen molar-refractivity contribution in [3.63, 3.8) is 0 Å². The average molecular weight is 270 g/mol. The van der Waals surface area contributed by atoms with E-state index in [2.05, 4.69) is 58.6 Å². The molecule has 4 heteroatoms. The number of aromatic nitrogens is 3. The first-order chi connectivity index (χ1) is 9.46. The molecule has 0 unspecified atom stereocenters. The number of rotatable bonds is 5. The van der Waals surface area contributed by atoms with Gasteiger partial charge < -0.3 is 5.32 Å². The lowest BCUT2D eigenvalue weighted by Gasteiger charge is -2.26. The van der Waals surface area contributed by atoms with Gasteiger partial charge in [0.25, 0.3) is 0 Å². The molecule has 1 aromatic carbocycles. The van der Waals surface area contributed by atoms with E-state index in [0.29, 0.717) is 5.95 Å². The molecule has 1 N–H and O–H groups in total. The van der Waals surface area contributed by atoms with Gasteiger partial charge in [0.1, 0.15) is 0 Å². The minimum absolute atomic E-state index is 0.0702. The van der Waals surface area contributed by atoms with Crippen molar-refractivity contribution in [1.29, 1.82) is 0 Å². The van der Waals surface area contributed by atoms with Crippen molar-refractivity contribution in [3.8, 4) is 0 Å². The molecule has 0 saturated carbocycles. The van der Waals surface area contributed by atoms with E-state index in [-0.39, 0.29) is 5.54 Å². The Morgan fingerprint density at radius 1 is 1.00 bits per heavy atom. The highest BCUT2D eigenvalue weighted by atomic mass is 15.3. The zero-order valence-electron chi connectivity index (χ0n) is 12.6. The van der Waals surface area contributed by atoms with Crippen molar-refractivity contribution < 1.29 is 0 Å². The first-order valence-corrected chi connectivity index (χ1v) is 6.96. The second-order valence-electron chi connectivity index (χ2n) is 5.80.